The largest absolute Gasteiger partial charge is 0.319 e. The van der Waals surface area contributed by atoms with Crippen LogP contribution in [0.25, 0.3) is 81.4 Å². The van der Waals surface area contributed by atoms with E-state index in [2.05, 4.69) is 129 Å². The molecule has 9 aromatic rings. The number of fused-ring (bicyclic) bond motifs is 10. The van der Waals surface area contributed by atoms with Crippen LogP contribution in [0.15, 0.2) is 133 Å². The van der Waals surface area contributed by atoms with Crippen molar-refractivity contribution < 1.29 is 0 Å². The van der Waals surface area contributed by atoms with Gasteiger partial charge in [0.2, 0.25) is 5.69 Å². The highest BCUT2D eigenvalue weighted by Crippen LogP contribution is 2.44. The van der Waals surface area contributed by atoms with Crippen LogP contribution in [0.5, 0.6) is 0 Å². The fraction of sp³-hybridized carbons (Fsp3) is 0. The number of benzene rings is 7. The number of hydrogen-bond acceptors (Lipinski definition) is 1. The van der Waals surface area contributed by atoms with Gasteiger partial charge >= 0.3 is 0 Å². The first-order valence-corrected chi connectivity index (χ1v) is 14.5. The number of nitrogens with zero attached hydrogens (tertiary/aromatic N) is 4. The Balaban J connectivity index is 1.46. The lowest BCUT2D eigenvalue weighted by molar-refractivity contribution is 1.14. The summed E-state index contributed by atoms with van der Waals surface area (Å²) in [6, 6.07) is 48.2. The van der Waals surface area contributed by atoms with E-state index in [9.17, 15) is 5.26 Å². The van der Waals surface area contributed by atoms with Crippen LogP contribution in [0.3, 0.4) is 0 Å². The second-order valence-corrected chi connectivity index (χ2v) is 11.2. The fourth-order valence-electron chi connectivity index (χ4n) is 7.12. The Morgan fingerprint density at radius 1 is 0.500 bits per heavy atom. The van der Waals surface area contributed by atoms with Gasteiger partial charge in [-0.05, 0) is 57.9 Å². The zero-order valence-electron chi connectivity index (χ0n) is 23.5. The van der Waals surface area contributed by atoms with E-state index in [1.165, 1.54) is 0 Å². The van der Waals surface area contributed by atoms with E-state index >= 15 is 0 Å². The molecule has 0 spiro atoms. The van der Waals surface area contributed by atoms with Gasteiger partial charge in [-0.15, -0.1) is 0 Å². The normalized spacial score (nSPS) is 11.6. The molecule has 9 rings (SSSR count). The topological polar surface area (TPSA) is 38.0 Å². The Labute approximate surface area is 252 Å². The van der Waals surface area contributed by atoms with Crippen LogP contribution in [0.1, 0.15) is 5.56 Å². The van der Waals surface area contributed by atoms with Gasteiger partial charge in [0.05, 0.1) is 51.6 Å². The van der Waals surface area contributed by atoms with E-state index in [0.29, 0.717) is 22.6 Å². The number of hydrogen-bond donors (Lipinski definition) is 0. The first kappa shape index (κ1) is 24.3. The molecule has 0 aliphatic heterocycles. The molecule has 0 atom stereocenters. The maximum absolute atomic E-state index is 10.3. The molecule has 2 aromatic heterocycles. The van der Waals surface area contributed by atoms with Gasteiger partial charge in [-0.2, -0.15) is 5.26 Å². The van der Waals surface area contributed by atoms with Crippen LogP contribution < -0.4 is 0 Å². The van der Waals surface area contributed by atoms with E-state index in [4.69, 9.17) is 6.57 Å². The van der Waals surface area contributed by atoms with Gasteiger partial charge in [-0.1, -0.05) is 97.1 Å². The summed E-state index contributed by atoms with van der Waals surface area (Å²) in [5, 5.41) is 19.5. The quantitative estimate of drug-likeness (QED) is 0.195. The smallest absolute Gasteiger partial charge is 0.234 e. The summed E-state index contributed by atoms with van der Waals surface area (Å²) >= 11 is 0. The van der Waals surface area contributed by atoms with Crippen molar-refractivity contribution in [3.05, 3.63) is 150 Å². The molecule has 4 heteroatoms. The van der Waals surface area contributed by atoms with Crippen LogP contribution in [-0.4, -0.2) is 9.13 Å². The van der Waals surface area contributed by atoms with Crippen LogP contribution in [0, 0.1) is 17.9 Å². The lowest BCUT2D eigenvalue weighted by Crippen LogP contribution is -2.01. The van der Waals surface area contributed by atoms with Crippen molar-refractivity contribution in [3.63, 3.8) is 0 Å². The number of para-hydroxylation sites is 2. The van der Waals surface area contributed by atoms with Crippen LogP contribution in [0.4, 0.5) is 5.69 Å². The van der Waals surface area contributed by atoms with Crippen molar-refractivity contribution in [3.8, 4) is 17.4 Å². The summed E-state index contributed by atoms with van der Waals surface area (Å²) in [6.07, 6.45) is 0. The first-order chi connectivity index (χ1) is 21.8. The van der Waals surface area contributed by atoms with Gasteiger partial charge in [-0.3, -0.25) is 0 Å². The van der Waals surface area contributed by atoms with E-state index in [0.717, 1.165) is 65.2 Å². The van der Waals surface area contributed by atoms with Crippen molar-refractivity contribution in [2.75, 3.05) is 0 Å². The Morgan fingerprint density at radius 3 is 1.39 bits per heavy atom. The first-order valence-electron chi connectivity index (χ1n) is 14.5. The lowest BCUT2D eigenvalue weighted by atomic mass is 10.0. The average Bonchev–Trinajstić information content (AvgIpc) is 3.61. The van der Waals surface area contributed by atoms with Crippen LogP contribution in [0.2, 0.25) is 0 Å². The molecule has 0 N–H and O–H groups in total. The molecule has 202 valence electrons. The summed E-state index contributed by atoms with van der Waals surface area (Å²) < 4.78 is 4.33. The molecular formula is C40H22N4. The molecule has 0 bridgehead atoms. The predicted molar refractivity (Wildman–Crippen MR) is 181 cm³/mol. The van der Waals surface area contributed by atoms with E-state index in [-0.39, 0.29) is 0 Å². The highest BCUT2D eigenvalue weighted by molar-refractivity contribution is 6.23. The van der Waals surface area contributed by atoms with Gasteiger partial charge < -0.3 is 9.13 Å². The van der Waals surface area contributed by atoms with E-state index < -0.39 is 0 Å². The molecule has 0 aliphatic rings. The third kappa shape index (κ3) is 3.20. The molecule has 44 heavy (non-hydrogen) atoms. The van der Waals surface area contributed by atoms with Crippen LogP contribution in [-0.2, 0) is 0 Å². The Morgan fingerprint density at radius 2 is 0.932 bits per heavy atom. The van der Waals surface area contributed by atoms with Gasteiger partial charge in [0.15, 0.2) is 0 Å². The minimum Gasteiger partial charge on any atom is -0.319 e. The molecule has 0 saturated heterocycles. The number of nitriles is 1. The van der Waals surface area contributed by atoms with Crippen LogP contribution >= 0.6 is 0 Å². The highest BCUT2D eigenvalue weighted by Gasteiger charge is 2.23. The summed E-state index contributed by atoms with van der Waals surface area (Å²) in [5.74, 6) is 0. The van der Waals surface area contributed by atoms with E-state index in [1.807, 2.05) is 24.3 Å². The Bertz CT molecular complexity index is 2570. The van der Waals surface area contributed by atoms with Crippen molar-refractivity contribution in [2.45, 2.75) is 0 Å². The molecule has 0 aliphatic carbocycles. The fourth-order valence-corrected chi connectivity index (χ4v) is 7.12. The molecule has 0 fully saturated rings. The Hall–Kier alpha value is -6.36. The van der Waals surface area contributed by atoms with Gasteiger partial charge in [0, 0.05) is 21.5 Å². The maximum atomic E-state index is 10.3. The minimum absolute atomic E-state index is 0.496. The monoisotopic (exact) mass is 558 g/mol. The summed E-state index contributed by atoms with van der Waals surface area (Å²) in [6.45, 7) is 8.57. The van der Waals surface area contributed by atoms with Crippen molar-refractivity contribution in [2.24, 2.45) is 0 Å². The van der Waals surface area contributed by atoms with Gasteiger partial charge in [0.25, 0.3) is 0 Å². The molecule has 2 heterocycles. The van der Waals surface area contributed by atoms with Crippen molar-refractivity contribution in [1.29, 1.82) is 5.26 Å². The minimum atomic E-state index is 0.496. The van der Waals surface area contributed by atoms with Gasteiger partial charge in [-0.25, -0.2) is 4.85 Å². The standard InChI is InChI=1S/C40H22N4/c1-42-40-36(43-32-16-8-6-14-30(32)38-28-12-4-2-10-26(28)18-20-34(38)43)22-25(24-41)23-37(40)44-33-17-9-7-15-31(33)39-29-13-5-3-11-27(29)19-21-35(39)44/h2-23H. The Kier molecular flexibility index (Phi) is 5.00. The molecule has 0 amide bonds. The summed E-state index contributed by atoms with van der Waals surface area (Å²) in [5.41, 5.74) is 6.39. The highest BCUT2D eigenvalue weighted by atomic mass is 15.0. The zero-order valence-corrected chi connectivity index (χ0v) is 23.5. The summed E-state index contributed by atoms with van der Waals surface area (Å²) in [7, 11) is 0. The van der Waals surface area contributed by atoms with Crippen molar-refractivity contribution >= 4 is 70.8 Å². The third-order valence-electron chi connectivity index (χ3n) is 8.92. The maximum Gasteiger partial charge on any atom is 0.234 e. The average molecular weight is 559 g/mol. The molecule has 0 unspecified atom stereocenters. The third-order valence-corrected chi connectivity index (χ3v) is 8.92. The van der Waals surface area contributed by atoms with E-state index in [1.54, 1.807) is 0 Å². The molecule has 0 saturated carbocycles. The molecule has 7 aromatic carbocycles. The SMILES string of the molecule is [C-]#[N+]c1c(-n2c3ccccc3c3c4ccccc4ccc32)cc(C#N)cc1-n1c2ccccc2c2c3ccccc3ccc21. The predicted octanol–water partition coefficient (Wildman–Crippen LogP) is 10.6. The lowest BCUT2D eigenvalue weighted by Gasteiger charge is -2.17. The van der Waals surface area contributed by atoms with Crippen molar-refractivity contribution in [1.82, 2.24) is 9.13 Å². The zero-order chi connectivity index (χ0) is 29.4. The number of aromatic nitrogens is 2. The summed E-state index contributed by atoms with van der Waals surface area (Å²) in [4.78, 5) is 4.21. The molecule has 4 nitrogen and oxygen atoms in total. The van der Waals surface area contributed by atoms with Gasteiger partial charge in [0.1, 0.15) is 0 Å². The number of rotatable bonds is 2. The molecular weight excluding hydrogens is 536 g/mol. The second kappa shape index (κ2) is 9.07. The molecule has 0 radical (unpaired) electrons. The second-order valence-electron chi connectivity index (χ2n) is 11.2.